The van der Waals surface area contributed by atoms with E-state index in [0.717, 1.165) is 19.3 Å². The third-order valence-corrected chi connectivity index (χ3v) is 3.30. The molecular weight excluding hydrogens is 222 g/mol. The molecule has 0 unspecified atom stereocenters. The molecule has 0 amide bonds. The van der Waals surface area contributed by atoms with Crippen molar-refractivity contribution in [3.05, 3.63) is 47.3 Å². The van der Waals surface area contributed by atoms with Crippen LogP contribution in [-0.4, -0.2) is 16.3 Å². The van der Waals surface area contributed by atoms with Crippen molar-refractivity contribution in [3.63, 3.8) is 0 Å². The van der Waals surface area contributed by atoms with Crippen molar-refractivity contribution in [1.82, 2.24) is 9.78 Å². The summed E-state index contributed by atoms with van der Waals surface area (Å²) in [6.45, 7) is 5.02. The summed E-state index contributed by atoms with van der Waals surface area (Å²) in [6.07, 6.45) is 4.86. The van der Waals surface area contributed by atoms with Crippen LogP contribution in [0.3, 0.4) is 0 Å². The molecule has 2 rings (SSSR count). The number of hydrogen-bond acceptors (Lipinski definition) is 2. The van der Waals surface area contributed by atoms with Crippen molar-refractivity contribution in [3.8, 4) is 5.69 Å². The van der Waals surface area contributed by atoms with Crippen molar-refractivity contribution in [2.45, 2.75) is 33.1 Å². The molecule has 0 saturated heterocycles. The normalized spacial score (nSPS) is 10.8. The average Bonchev–Trinajstić information content (AvgIpc) is 2.81. The summed E-state index contributed by atoms with van der Waals surface area (Å²) in [4.78, 5) is 0. The molecule has 0 aliphatic heterocycles. The van der Waals surface area contributed by atoms with Gasteiger partial charge in [-0.25, -0.2) is 4.68 Å². The zero-order chi connectivity index (χ0) is 13.0. The summed E-state index contributed by atoms with van der Waals surface area (Å²) < 4.78 is 2.07. The molecule has 18 heavy (non-hydrogen) atoms. The van der Waals surface area contributed by atoms with Crippen LogP contribution in [0.25, 0.3) is 5.69 Å². The molecule has 3 heteroatoms. The van der Waals surface area contributed by atoms with Gasteiger partial charge in [0.15, 0.2) is 0 Å². The summed E-state index contributed by atoms with van der Waals surface area (Å²) >= 11 is 0. The fourth-order valence-corrected chi connectivity index (χ4v) is 2.37. The van der Waals surface area contributed by atoms with Gasteiger partial charge < -0.3 is 5.73 Å². The average molecular weight is 243 g/mol. The number of hydrogen-bond donors (Lipinski definition) is 1. The Morgan fingerprint density at radius 3 is 2.56 bits per heavy atom. The Hall–Kier alpha value is -1.61. The highest BCUT2D eigenvalue weighted by Crippen LogP contribution is 2.19. The Bertz CT molecular complexity index is 514. The smallest absolute Gasteiger partial charge is 0.0680 e. The van der Waals surface area contributed by atoms with Crippen LogP contribution < -0.4 is 5.73 Å². The van der Waals surface area contributed by atoms with E-state index in [1.54, 1.807) is 0 Å². The van der Waals surface area contributed by atoms with E-state index in [-0.39, 0.29) is 0 Å². The number of para-hydroxylation sites is 1. The first-order chi connectivity index (χ1) is 8.81. The van der Waals surface area contributed by atoms with E-state index in [2.05, 4.69) is 47.9 Å². The van der Waals surface area contributed by atoms with Crippen LogP contribution in [-0.2, 0) is 19.3 Å². The Morgan fingerprint density at radius 1 is 1.11 bits per heavy atom. The molecule has 96 valence electrons. The topological polar surface area (TPSA) is 43.8 Å². The molecule has 3 nitrogen and oxygen atoms in total. The Morgan fingerprint density at radius 2 is 1.89 bits per heavy atom. The second-order valence-electron chi connectivity index (χ2n) is 4.40. The predicted octanol–water partition coefficient (Wildman–Crippen LogP) is 2.50. The summed E-state index contributed by atoms with van der Waals surface area (Å²) in [5.74, 6) is 0. The van der Waals surface area contributed by atoms with Gasteiger partial charge in [0.05, 0.1) is 11.9 Å². The van der Waals surface area contributed by atoms with Crippen molar-refractivity contribution in [2.24, 2.45) is 5.73 Å². The number of aryl methyl sites for hydroxylation is 1. The summed E-state index contributed by atoms with van der Waals surface area (Å²) in [6, 6.07) is 8.45. The minimum absolute atomic E-state index is 0.675. The summed E-state index contributed by atoms with van der Waals surface area (Å²) in [5, 5.41) is 4.55. The largest absolute Gasteiger partial charge is 0.330 e. The van der Waals surface area contributed by atoms with Crippen LogP contribution in [0, 0.1) is 0 Å². The van der Waals surface area contributed by atoms with Crippen LogP contribution in [0.5, 0.6) is 0 Å². The molecule has 0 atom stereocenters. The van der Waals surface area contributed by atoms with E-state index in [1.165, 1.54) is 22.5 Å². The van der Waals surface area contributed by atoms with E-state index in [4.69, 9.17) is 5.73 Å². The van der Waals surface area contributed by atoms with Gasteiger partial charge in [-0.2, -0.15) is 5.10 Å². The first-order valence-electron chi connectivity index (χ1n) is 6.65. The highest BCUT2D eigenvalue weighted by atomic mass is 15.3. The first kappa shape index (κ1) is 12.8. The lowest BCUT2D eigenvalue weighted by Crippen LogP contribution is -2.08. The summed E-state index contributed by atoms with van der Waals surface area (Å²) in [7, 11) is 0. The number of benzene rings is 1. The number of rotatable bonds is 5. The van der Waals surface area contributed by atoms with Crippen molar-refractivity contribution < 1.29 is 0 Å². The van der Waals surface area contributed by atoms with Gasteiger partial charge in [-0.1, -0.05) is 32.0 Å². The van der Waals surface area contributed by atoms with Gasteiger partial charge in [0.25, 0.3) is 0 Å². The molecule has 0 fully saturated rings. The minimum Gasteiger partial charge on any atom is -0.330 e. The van der Waals surface area contributed by atoms with E-state index in [1.807, 2.05) is 6.20 Å². The third-order valence-electron chi connectivity index (χ3n) is 3.30. The van der Waals surface area contributed by atoms with Crippen molar-refractivity contribution in [2.75, 3.05) is 6.54 Å². The Labute approximate surface area is 109 Å². The molecule has 0 bridgehead atoms. The molecule has 1 aromatic heterocycles. The molecule has 0 aliphatic rings. The number of aromatic nitrogens is 2. The zero-order valence-electron chi connectivity index (χ0n) is 11.2. The molecule has 1 aromatic carbocycles. The molecule has 2 N–H and O–H groups in total. The van der Waals surface area contributed by atoms with E-state index in [9.17, 15) is 0 Å². The number of nitrogens with two attached hydrogens (primary N) is 1. The van der Waals surface area contributed by atoms with Gasteiger partial charge in [0.1, 0.15) is 0 Å². The van der Waals surface area contributed by atoms with Crippen molar-refractivity contribution >= 4 is 0 Å². The van der Waals surface area contributed by atoms with Crippen LogP contribution in [0.15, 0.2) is 30.5 Å². The third kappa shape index (κ3) is 2.31. The predicted molar refractivity (Wildman–Crippen MR) is 75.1 cm³/mol. The maximum Gasteiger partial charge on any atom is 0.0680 e. The van der Waals surface area contributed by atoms with Gasteiger partial charge in [-0.3, -0.25) is 0 Å². The van der Waals surface area contributed by atoms with Crippen LogP contribution in [0.4, 0.5) is 0 Å². The van der Waals surface area contributed by atoms with Crippen LogP contribution in [0.1, 0.15) is 30.7 Å². The molecule has 0 aliphatic carbocycles. The zero-order valence-corrected chi connectivity index (χ0v) is 11.2. The molecular formula is C15H21N3. The maximum atomic E-state index is 5.65. The quantitative estimate of drug-likeness (QED) is 0.877. The van der Waals surface area contributed by atoms with E-state index in [0.29, 0.717) is 6.54 Å². The standard InChI is InChI=1S/C15H21N3/c1-3-12-7-5-6-8-15(12)18-14(4-2)13(9-10-16)11-17-18/h5-8,11H,3-4,9-10,16H2,1-2H3. The lowest BCUT2D eigenvalue weighted by molar-refractivity contribution is 0.795. The molecule has 0 radical (unpaired) electrons. The molecule has 1 heterocycles. The Kier molecular flexibility index (Phi) is 4.15. The lowest BCUT2D eigenvalue weighted by Gasteiger charge is -2.11. The van der Waals surface area contributed by atoms with Gasteiger partial charge >= 0.3 is 0 Å². The highest BCUT2D eigenvalue weighted by molar-refractivity contribution is 5.42. The van der Waals surface area contributed by atoms with Crippen LogP contribution in [0.2, 0.25) is 0 Å². The molecule has 0 saturated carbocycles. The monoisotopic (exact) mass is 243 g/mol. The second kappa shape index (κ2) is 5.83. The molecule has 0 spiro atoms. The van der Waals surface area contributed by atoms with Crippen LogP contribution >= 0.6 is 0 Å². The maximum absolute atomic E-state index is 5.65. The minimum atomic E-state index is 0.675. The van der Waals surface area contributed by atoms with Gasteiger partial charge in [0.2, 0.25) is 0 Å². The second-order valence-corrected chi connectivity index (χ2v) is 4.40. The van der Waals surface area contributed by atoms with Gasteiger partial charge in [-0.05, 0) is 43.0 Å². The van der Waals surface area contributed by atoms with E-state index >= 15 is 0 Å². The van der Waals surface area contributed by atoms with E-state index < -0.39 is 0 Å². The fraction of sp³-hybridized carbons (Fsp3) is 0.400. The highest BCUT2D eigenvalue weighted by Gasteiger charge is 2.11. The van der Waals surface area contributed by atoms with Crippen molar-refractivity contribution in [1.29, 1.82) is 0 Å². The number of nitrogens with zero attached hydrogens (tertiary/aromatic N) is 2. The van der Waals surface area contributed by atoms with Gasteiger partial charge in [-0.15, -0.1) is 0 Å². The fourth-order valence-electron chi connectivity index (χ4n) is 2.37. The molecule has 2 aromatic rings. The summed E-state index contributed by atoms with van der Waals surface area (Å²) in [5.41, 5.74) is 10.7. The SMILES string of the molecule is CCc1ccccc1-n1ncc(CCN)c1CC. The first-order valence-corrected chi connectivity index (χ1v) is 6.65. The Balaban J connectivity index is 2.50. The lowest BCUT2D eigenvalue weighted by atomic mass is 10.1. The van der Waals surface area contributed by atoms with Gasteiger partial charge in [0, 0.05) is 5.69 Å².